The fourth-order valence-corrected chi connectivity index (χ4v) is 1.79. The monoisotopic (exact) mass is 283 g/mol. The average molecular weight is 283 g/mol. The molecule has 6 nitrogen and oxygen atoms in total. The van der Waals surface area contributed by atoms with Gasteiger partial charge in [0.15, 0.2) is 0 Å². The van der Waals surface area contributed by atoms with Gasteiger partial charge in [0.05, 0.1) is 24.8 Å². The number of nitrogens with one attached hydrogen (secondary N) is 1. The van der Waals surface area contributed by atoms with E-state index >= 15 is 0 Å². The molecule has 2 aromatic heterocycles. The molecule has 1 amide bonds. The van der Waals surface area contributed by atoms with Gasteiger partial charge in [0.2, 0.25) is 0 Å². The summed E-state index contributed by atoms with van der Waals surface area (Å²) in [6.45, 7) is 3.30. The van der Waals surface area contributed by atoms with E-state index < -0.39 is 0 Å². The first kappa shape index (κ1) is 14.8. The molecule has 0 fully saturated rings. The molecule has 2 aromatic rings. The highest BCUT2D eigenvalue weighted by Crippen LogP contribution is 2.03. The van der Waals surface area contributed by atoms with Crippen LogP contribution in [0.25, 0.3) is 0 Å². The van der Waals surface area contributed by atoms with Gasteiger partial charge < -0.3 is 11.1 Å². The van der Waals surface area contributed by atoms with E-state index in [1.165, 1.54) is 0 Å². The summed E-state index contributed by atoms with van der Waals surface area (Å²) in [5.74, 6) is 5.33. The van der Waals surface area contributed by atoms with Crippen molar-refractivity contribution in [1.29, 1.82) is 0 Å². The number of hydrogen-bond acceptors (Lipinski definition) is 4. The SMILES string of the molecule is Cc1cnn(CCNC(=O)c2ncccc2C#CCN)c1. The quantitative estimate of drug-likeness (QED) is 0.792. The summed E-state index contributed by atoms with van der Waals surface area (Å²) in [7, 11) is 0. The number of carbonyl (C=O) groups is 1. The Balaban J connectivity index is 1.97. The van der Waals surface area contributed by atoms with Gasteiger partial charge in [-0.05, 0) is 24.6 Å². The molecule has 0 aliphatic carbocycles. The Bertz CT molecular complexity index is 681. The van der Waals surface area contributed by atoms with Crippen LogP contribution in [0.15, 0.2) is 30.7 Å². The summed E-state index contributed by atoms with van der Waals surface area (Å²) in [6.07, 6.45) is 5.27. The molecule has 0 saturated carbocycles. The van der Waals surface area contributed by atoms with Crippen LogP contribution < -0.4 is 11.1 Å². The van der Waals surface area contributed by atoms with Crippen molar-refractivity contribution in [3.05, 3.63) is 47.5 Å². The van der Waals surface area contributed by atoms with Crippen LogP contribution in [0.5, 0.6) is 0 Å². The predicted molar refractivity (Wildman–Crippen MR) is 79.5 cm³/mol. The maximum Gasteiger partial charge on any atom is 0.271 e. The average Bonchev–Trinajstić information content (AvgIpc) is 2.91. The Kier molecular flexibility index (Phi) is 5.07. The summed E-state index contributed by atoms with van der Waals surface area (Å²) in [5, 5.41) is 6.97. The standard InChI is InChI=1S/C15H17N5O/c1-12-10-19-20(11-12)9-8-18-15(21)14-13(4-2-6-16)5-3-7-17-14/h3,5,7,10-11H,6,8-9,16H2,1H3,(H,18,21). The molecule has 6 heteroatoms. The molecule has 3 N–H and O–H groups in total. The Hall–Kier alpha value is -2.65. The van der Waals surface area contributed by atoms with Gasteiger partial charge in [-0.25, -0.2) is 4.98 Å². The highest BCUT2D eigenvalue weighted by atomic mass is 16.1. The van der Waals surface area contributed by atoms with Crippen molar-refractivity contribution in [2.75, 3.05) is 13.1 Å². The highest BCUT2D eigenvalue weighted by Gasteiger charge is 2.10. The highest BCUT2D eigenvalue weighted by molar-refractivity contribution is 5.94. The minimum atomic E-state index is -0.249. The molecule has 0 radical (unpaired) electrons. The third kappa shape index (κ3) is 4.16. The van der Waals surface area contributed by atoms with E-state index in [-0.39, 0.29) is 12.5 Å². The van der Waals surface area contributed by atoms with Crippen molar-refractivity contribution in [2.45, 2.75) is 13.5 Å². The second kappa shape index (κ2) is 7.22. The largest absolute Gasteiger partial charge is 0.349 e. The zero-order valence-electron chi connectivity index (χ0n) is 11.8. The molecule has 0 aliphatic heterocycles. The molecule has 2 heterocycles. The van der Waals surface area contributed by atoms with Crippen molar-refractivity contribution in [3.8, 4) is 11.8 Å². The van der Waals surface area contributed by atoms with Gasteiger partial charge in [-0.2, -0.15) is 5.10 Å². The lowest BCUT2D eigenvalue weighted by Crippen LogP contribution is -2.28. The van der Waals surface area contributed by atoms with Crippen LogP contribution in [0, 0.1) is 18.8 Å². The first-order valence-corrected chi connectivity index (χ1v) is 6.62. The summed E-state index contributed by atoms with van der Waals surface area (Å²) in [6, 6.07) is 3.49. The van der Waals surface area contributed by atoms with E-state index in [9.17, 15) is 4.79 Å². The van der Waals surface area contributed by atoms with Crippen LogP contribution in [0.3, 0.4) is 0 Å². The molecule has 21 heavy (non-hydrogen) atoms. The van der Waals surface area contributed by atoms with Crippen molar-refractivity contribution in [3.63, 3.8) is 0 Å². The normalized spacial score (nSPS) is 9.81. The zero-order chi connectivity index (χ0) is 15.1. The maximum absolute atomic E-state index is 12.1. The van der Waals surface area contributed by atoms with E-state index in [2.05, 4.69) is 27.2 Å². The Morgan fingerprint density at radius 3 is 3.10 bits per heavy atom. The van der Waals surface area contributed by atoms with Crippen molar-refractivity contribution >= 4 is 5.91 Å². The van der Waals surface area contributed by atoms with Crippen molar-refractivity contribution in [1.82, 2.24) is 20.1 Å². The molecular weight excluding hydrogens is 266 g/mol. The van der Waals surface area contributed by atoms with Crippen LogP contribution >= 0.6 is 0 Å². The lowest BCUT2D eigenvalue weighted by atomic mass is 10.2. The minimum Gasteiger partial charge on any atom is -0.349 e. The van der Waals surface area contributed by atoms with E-state index in [1.54, 1.807) is 29.2 Å². The number of rotatable bonds is 4. The fourth-order valence-electron chi connectivity index (χ4n) is 1.79. The number of aryl methyl sites for hydroxylation is 1. The summed E-state index contributed by atoms with van der Waals surface area (Å²) in [4.78, 5) is 16.2. The molecule has 0 aromatic carbocycles. The number of carbonyl (C=O) groups excluding carboxylic acids is 1. The van der Waals surface area contributed by atoms with Crippen molar-refractivity contribution in [2.24, 2.45) is 5.73 Å². The molecule has 0 spiro atoms. The van der Waals surface area contributed by atoms with Gasteiger partial charge in [0.25, 0.3) is 5.91 Å². The van der Waals surface area contributed by atoms with Gasteiger partial charge in [-0.15, -0.1) is 0 Å². The number of amides is 1. The van der Waals surface area contributed by atoms with Gasteiger partial charge in [0.1, 0.15) is 5.69 Å². The smallest absolute Gasteiger partial charge is 0.271 e. The summed E-state index contributed by atoms with van der Waals surface area (Å²) < 4.78 is 1.78. The van der Waals surface area contributed by atoms with Crippen LogP contribution in [0.4, 0.5) is 0 Å². The van der Waals surface area contributed by atoms with Crippen LogP contribution in [-0.4, -0.2) is 33.8 Å². The molecular formula is C15H17N5O. The number of aromatic nitrogens is 3. The van der Waals surface area contributed by atoms with Crippen LogP contribution in [-0.2, 0) is 6.54 Å². The van der Waals surface area contributed by atoms with E-state index in [0.29, 0.717) is 24.3 Å². The van der Waals surface area contributed by atoms with Gasteiger partial charge in [-0.3, -0.25) is 9.48 Å². The first-order chi connectivity index (χ1) is 10.2. The maximum atomic E-state index is 12.1. The van der Waals surface area contributed by atoms with Gasteiger partial charge in [0, 0.05) is 18.9 Å². The van der Waals surface area contributed by atoms with Gasteiger partial charge >= 0.3 is 0 Å². The third-order valence-electron chi connectivity index (χ3n) is 2.74. The first-order valence-electron chi connectivity index (χ1n) is 6.62. The molecule has 2 rings (SSSR count). The molecule has 0 bridgehead atoms. The molecule has 0 saturated heterocycles. The number of pyridine rings is 1. The summed E-state index contributed by atoms with van der Waals surface area (Å²) >= 11 is 0. The second-order valence-electron chi connectivity index (χ2n) is 4.44. The van der Waals surface area contributed by atoms with E-state index in [0.717, 1.165) is 5.56 Å². The number of nitrogens with two attached hydrogens (primary N) is 1. The fraction of sp³-hybridized carbons (Fsp3) is 0.267. The Labute approximate surface area is 123 Å². The minimum absolute atomic E-state index is 0.245. The molecule has 0 aliphatic rings. The van der Waals surface area contributed by atoms with Gasteiger partial charge in [-0.1, -0.05) is 11.8 Å². The topological polar surface area (TPSA) is 85.8 Å². The predicted octanol–water partition coefficient (Wildman–Crippen LogP) is 0.327. The lowest BCUT2D eigenvalue weighted by molar-refractivity contribution is 0.0946. The molecule has 0 unspecified atom stereocenters. The van der Waals surface area contributed by atoms with Crippen molar-refractivity contribution < 1.29 is 4.79 Å². The lowest BCUT2D eigenvalue weighted by Gasteiger charge is -2.06. The van der Waals surface area contributed by atoms with Crippen LogP contribution in [0.1, 0.15) is 21.6 Å². The Morgan fingerprint density at radius 2 is 2.38 bits per heavy atom. The van der Waals surface area contributed by atoms with Crippen LogP contribution in [0.2, 0.25) is 0 Å². The third-order valence-corrected chi connectivity index (χ3v) is 2.74. The molecule has 108 valence electrons. The summed E-state index contributed by atoms with van der Waals surface area (Å²) in [5.41, 5.74) is 7.33. The Morgan fingerprint density at radius 1 is 1.52 bits per heavy atom. The number of nitrogens with zero attached hydrogens (tertiary/aromatic N) is 3. The van der Waals surface area contributed by atoms with E-state index in [4.69, 9.17) is 5.73 Å². The zero-order valence-corrected chi connectivity index (χ0v) is 11.8. The van der Waals surface area contributed by atoms with E-state index in [1.807, 2.05) is 13.1 Å². The number of hydrogen-bond donors (Lipinski definition) is 2. The molecule has 0 atom stereocenters. The second-order valence-corrected chi connectivity index (χ2v) is 4.44.